The van der Waals surface area contributed by atoms with Gasteiger partial charge >= 0.3 is 11.9 Å². The molecule has 34 heavy (non-hydrogen) atoms. The van der Waals surface area contributed by atoms with Crippen LogP contribution >= 0.6 is 11.3 Å². The third-order valence-corrected chi connectivity index (χ3v) is 6.46. The van der Waals surface area contributed by atoms with Gasteiger partial charge in [0.1, 0.15) is 4.53 Å². The second kappa shape index (κ2) is 9.48. The number of anilines is 1. The molecule has 1 aliphatic heterocycles. The molecule has 0 saturated heterocycles. The minimum Gasteiger partial charge on any atom is -0.478 e. The van der Waals surface area contributed by atoms with Gasteiger partial charge in [-0.1, -0.05) is 47.7 Å². The predicted octanol–water partition coefficient (Wildman–Crippen LogP) is 2.83. The number of aryl methyl sites for hydroxylation is 1. The fourth-order valence-corrected chi connectivity index (χ4v) is 4.77. The number of fused-ring (bicyclic) bond motifs is 1. The van der Waals surface area contributed by atoms with E-state index in [2.05, 4.69) is 10.3 Å². The molecule has 1 aliphatic rings. The highest BCUT2D eigenvalue weighted by molar-refractivity contribution is 7.07. The molecule has 0 bridgehead atoms. The lowest BCUT2D eigenvalue weighted by molar-refractivity contribution is -0.139. The first-order valence-corrected chi connectivity index (χ1v) is 11.5. The van der Waals surface area contributed by atoms with Gasteiger partial charge in [-0.05, 0) is 44.0 Å². The average Bonchev–Trinajstić information content (AvgIpc) is 3.12. The van der Waals surface area contributed by atoms with Crippen LogP contribution in [0.5, 0.6) is 0 Å². The Morgan fingerprint density at radius 3 is 2.62 bits per heavy atom. The van der Waals surface area contributed by atoms with Crippen molar-refractivity contribution in [2.24, 2.45) is 4.99 Å². The van der Waals surface area contributed by atoms with Crippen LogP contribution in [0.1, 0.15) is 41.4 Å². The van der Waals surface area contributed by atoms with Crippen molar-refractivity contribution in [2.45, 2.75) is 26.8 Å². The summed E-state index contributed by atoms with van der Waals surface area (Å²) in [6.07, 6.45) is 1.54. The van der Waals surface area contributed by atoms with Gasteiger partial charge in [0.15, 0.2) is 4.80 Å². The molecule has 0 fully saturated rings. The van der Waals surface area contributed by atoms with Crippen LogP contribution in [0.4, 0.5) is 5.69 Å². The number of ether oxygens (including phenoxy) is 1. The zero-order valence-electron chi connectivity index (χ0n) is 18.9. The third kappa shape index (κ3) is 4.29. The van der Waals surface area contributed by atoms with E-state index in [4.69, 9.17) is 4.74 Å². The van der Waals surface area contributed by atoms with Crippen LogP contribution in [0.2, 0.25) is 0 Å². The van der Waals surface area contributed by atoms with Gasteiger partial charge in [0.05, 0.1) is 29.5 Å². The Bertz CT molecular complexity index is 1480. The van der Waals surface area contributed by atoms with Crippen LogP contribution in [-0.4, -0.2) is 28.2 Å². The number of benzene rings is 2. The Kier molecular flexibility index (Phi) is 6.47. The maximum atomic E-state index is 13.5. The number of esters is 1. The van der Waals surface area contributed by atoms with E-state index in [-0.39, 0.29) is 17.7 Å². The fourth-order valence-electron chi connectivity index (χ4n) is 3.80. The van der Waals surface area contributed by atoms with Gasteiger partial charge < -0.3 is 15.2 Å². The number of rotatable bonds is 6. The molecule has 8 nitrogen and oxygen atoms in total. The van der Waals surface area contributed by atoms with E-state index in [9.17, 15) is 19.5 Å². The van der Waals surface area contributed by atoms with Crippen molar-refractivity contribution in [1.29, 1.82) is 0 Å². The quantitative estimate of drug-likeness (QED) is 0.529. The van der Waals surface area contributed by atoms with Crippen molar-refractivity contribution in [1.82, 2.24) is 4.57 Å². The Labute approximate surface area is 199 Å². The first-order chi connectivity index (χ1) is 16.3. The smallest absolute Gasteiger partial charge is 0.338 e. The minimum absolute atomic E-state index is 0.141. The van der Waals surface area contributed by atoms with Crippen LogP contribution in [0.15, 0.2) is 69.6 Å². The molecule has 3 aromatic rings. The Morgan fingerprint density at radius 1 is 1.21 bits per heavy atom. The normalized spacial score (nSPS) is 15.5. The molecule has 2 N–H and O–H groups in total. The summed E-state index contributed by atoms with van der Waals surface area (Å²) in [7, 11) is 0. The van der Waals surface area contributed by atoms with Gasteiger partial charge in [-0.25, -0.2) is 14.6 Å². The van der Waals surface area contributed by atoms with Crippen molar-refractivity contribution in [3.63, 3.8) is 0 Å². The molecular formula is C25H23N3O5S. The van der Waals surface area contributed by atoms with Crippen LogP contribution in [0.3, 0.4) is 0 Å². The van der Waals surface area contributed by atoms with Gasteiger partial charge in [0.25, 0.3) is 5.56 Å². The lowest BCUT2D eigenvalue weighted by Gasteiger charge is -2.24. The van der Waals surface area contributed by atoms with Crippen molar-refractivity contribution in [2.75, 3.05) is 11.9 Å². The Balaban J connectivity index is 1.84. The Morgan fingerprint density at radius 2 is 1.94 bits per heavy atom. The molecule has 174 valence electrons. The van der Waals surface area contributed by atoms with E-state index in [0.29, 0.717) is 26.3 Å². The topological polar surface area (TPSA) is 110 Å². The van der Waals surface area contributed by atoms with E-state index < -0.39 is 18.0 Å². The van der Waals surface area contributed by atoms with Crippen LogP contribution in [-0.2, 0) is 9.53 Å². The molecule has 0 unspecified atom stereocenters. The number of nitrogens with zero attached hydrogens (tertiary/aromatic N) is 2. The molecule has 4 rings (SSSR count). The third-order valence-electron chi connectivity index (χ3n) is 5.48. The van der Waals surface area contributed by atoms with Crippen molar-refractivity contribution >= 4 is 35.2 Å². The van der Waals surface area contributed by atoms with Crippen LogP contribution in [0, 0.1) is 6.92 Å². The number of aromatic nitrogens is 1. The number of allylic oxidation sites excluding steroid dienone is 1. The summed E-state index contributed by atoms with van der Waals surface area (Å²) in [5, 5.41) is 12.3. The number of carbonyl (C=O) groups excluding carboxylic acids is 1. The largest absolute Gasteiger partial charge is 0.478 e. The van der Waals surface area contributed by atoms with Crippen molar-refractivity contribution in [3.05, 3.63) is 96.2 Å². The monoisotopic (exact) mass is 477 g/mol. The van der Waals surface area contributed by atoms with Crippen LogP contribution < -0.4 is 20.2 Å². The molecule has 0 amide bonds. The van der Waals surface area contributed by atoms with E-state index in [0.717, 1.165) is 11.1 Å². The standard InChI is InChI=1S/C25H23N3O5S/c1-4-33-24(32)20-15(3)27-25-28(21(20)16-8-6-5-7-9-16)22(29)19(34-25)13-26-18-12-17(23(30)31)11-10-14(18)2/h5-13,21,26H,4H2,1-3H3,(H,30,31)/b19-13-/t21-/m1/s1. The van der Waals surface area contributed by atoms with Gasteiger partial charge in [-0.3, -0.25) is 9.36 Å². The second-order valence-electron chi connectivity index (χ2n) is 7.69. The van der Waals surface area contributed by atoms with Gasteiger partial charge in [-0.2, -0.15) is 0 Å². The zero-order chi connectivity index (χ0) is 24.4. The number of hydrogen-bond donors (Lipinski definition) is 2. The summed E-state index contributed by atoms with van der Waals surface area (Å²) in [6.45, 7) is 5.51. The van der Waals surface area contributed by atoms with Gasteiger partial charge in [-0.15, -0.1) is 0 Å². The number of aromatic carboxylic acids is 1. The molecule has 2 aromatic carbocycles. The SMILES string of the molecule is CCOC(=O)C1=C(C)N=c2s/c(=C\Nc3cc(C(=O)O)ccc3C)c(=O)n2[C@@H]1c1ccccc1. The summed E-state index contributed by atoms with van der Waals surface area (Å²) in [6, 6.07) is 13.4. The summed E-state index contributed by atoms with van der Waals surface area (Å²) < 4.78 is 7.16. The number of carboxylic acid groups (broad SMARTS) is 1. The number of nitrogens with one attached hydrogen (secondary N) is 1. The first kappa shape index (κ1) is 23.2. The highest BCUT2D eigenvalue weighted by atomic mass is 32.1. The number of hydrogen-bond acceptors (Lipinski definition) is 7. The van der Waals surface area contributed by atoms with Crippen molar-refractivity contribution in [3.8, 4) is 0 Å². The molecule has 0 aliphatic carbocycles. The average molecular weight is 478 g/mol. The highest BCUT2D eigenvalue weighted by Crippen LogP contribution is 2.30. The summed E-state index contributed by atoms with van der Waals surface area (Å²) in [4.78, 5) is 42.6. The number of carboxylic acids is 1. The second-order valence-corrected chi connectivity index (χ2v) is 8.70. The summed E-state index contributed by atoms with van der Waals surface area (Å²) in [5.41, 5.74) is 2.83. The molecule has 1 atom stereocenters. The molecule has 1 aromatic heterocycles. The molecule has 0 radical (unpaired) electrons. The molecular weight excluding hydrogens is 454 g/mol. The van der Waals surface area contributed by atoms with Crippen molar-refractivity contribution < 1.29 is 19.4 Å². The molecule has 2 heterocycles. The lowest BCUT2D eigenvalue weighted by atomic mass is 9.96. The van der Waals surface area contributed by atoms with E-state index in [1.54, 1.807) is 26.1 Å². The maximum Gasteiger partial charge on any atom is 0.338 e. The fraction of sp³-hybridized carbons (Fsp3) is 0.200. The van der Waals surface area contributed by atoms with Crippen LogP contribution in [0.25, 0.3) is 6.20 Å². The maximum absolute atomic E-state index is 13.5. The summed E-state index contributed by atoms with van der Waals surface area (Å²) in [5.74, 6) is -1.54. The van der Waals surface area contributed by atoms with E-state index >= 15 is 0 Å². The lowest BCUT2D eigenvalue weighted by Crippen LogP contribution is -2.40. The molecule has 0 spiro atoms. The van der Waals surface area contributed by atoms with Gasteiger partial charge in [0, 0.05) is 11.9 Å². The van der Waals surface area contributed by atoms with E-state index in [1.807, 2.05) is 37.3 Å². The first-order valence-electron chi connectivity index (χ1n) is 10.7. The highest BCUT2D eigenvalue weighted by Gasteiger charge is 2.33. The molecule has 0 saturated carbocycles. The van der Waals surface area contributed by atoms with E-state index in [1.165, 1.54) is 28.0 Å². The van der Waals surface area contributed by atoms with Gasteiger partial charge in [0.2, 0.25) is 0 Å². The predicted molar refractivity (Wildman–Crippen MR) is 130 cm³/mol. The number of thiazole rings is 1. The molecule has 9 heteroatoms. The number of carbonyl (C=O) groups is 2. The minimum atomic E-state index is -1.03. The zero-order valence-corrected chi connectivity index (χ0v) is 19.7. The summed E-state index contributed by atoms with van der Waals surface area (Å²) >= 11 is 1.19. The Hall–Kier alpha value is -3.98.